The van der Waals surface area contributed by atoms with Gasteiger partial charge in [-0.3, -0.25) is 14.5 Å². The summed E-state index contributed by atoms with van der Waals surface area (Å²) in [6.45, 7) is 7.04. The SMILES string of the molecule is Cc1ccc(CN2CC[C@@H]3[C@@H](CO[C@@H]3CC(=O)N3CCCO3)C2)o1.O=C(O)C(F)(F)F. The van der Waals surface area contributed by atoms with Crippen molar-refractivity contribution in [3.63, 3.8) is 0 Å². The van der Waals surface area contributed by atoms with E-state index in [1.54, 1.807) is 0 Å². The third-order valence-electron chi connectivity index (χ3n) is 5.70. The van der Waals surface area contributed by atoms with Gasteiger partial charge in [-0.2, -0.15) is 13.2 Å². The number of carboxylic acids is 1. The summed E-state index contributed by atoms with van der Waals surface area (Å²) in [6.07, 6.45) is -2.55. The second-order valence-corrected chi connectivity index (χ2v) is 8.02. The number of carbonyl (C=O) groups is 2. The Hall–Kier alpha value is -2.11. The maximum atomic E-state index is 12.3. The van der Waals surface area contributed by atoms with Crippen molar-refractivity contribution < 1.29 is 41.9 Å². The second kappa shape index (κ2) is 10.0. The van der Waals surface area contributed by atoms with Crippen LogP contribution in [0, 0.1) is 18.8 Å². The van der Waals surface area contributed by atoms with Gasteiger partial charge < -0.3 is 14.3 Å². The Labute approximate surface area is 177 Å². The zero-order chi connectivity index (χ0) is 22.6. The summed E-state index contributed by atoms with van der Waals surface area (Å²) in [7, 11) is 0. The lowest BCUT2D eigenvalue weighted by Crippen LogP contribution is -2.42. The molecule has 4 heterocycles. The number of piperidine rings is 1. The number of hydrogen-bond donors (Lipinski definition) is 1. The van der Waals surface area contributed by atoms with Gasteiger partial charge in [0.05, 0.1) is 38.8 Å². The molecule has 3 atom stereocenters. The first-order valence-electron chi connectivity index (χ1n) is 10.3. The van der Waals surface area contributed by atoms with Crippen LogP contribution in [0.4, 0.5) is 13.2 Å². The highest BCUT2D eigenvalue weighted by Gasteiger charge is 2.42. The number of alkyl halides is 3. The quantitative estimate of drug-likeness (QED) is 0.757. The fourth-order valence-electron chi connectivity index (χ4n) is 4.22. The summed E-state index contributed by atoms with van der Waals surface area (Å²) >= 11 is 0. The minimum Gasteiger partial charge on any atom is -0.475 e. The maximum Gasteiger partial charge on any atom is 0.490 e. The summed E-state index contributed by atoms with van der Waals surface area (Å²) in [4.78, 5) is 29.0. The van der Waals surface area contributed by atoms with Crippen molar-refractivity contribution in [2.24, 2.45) is 11.8 Å². The first-order chi connectivity index (χ1) is 14.6. The van der Waals surface area contributed by atoms with Crippen molar-refractivity contribution >= 4 is 11.9 Å². The first-order valence-corrected chi connectivity index (χ1v) is 10.3. The molecule has 174 valence electrons. The molecule has 0 unspecified atom stereocenters. The van der Waals surface area contributed by atoms with E-state index in [4.69, 9.17) is 23.9 Å². The van der Waals surface area contributed by atoms with Crippen LogP contribution in [0.3, 0.4) is 0 Å². The van der Waals surface area contributed by atoms with Crippen LogP contribution < -0.4 is 0 Å². The lowest BCUT2D eigenvalue weighted by Gasteiger charge is -2.35. The molecule has 3 saturated heterocycles. The number of nitrogens with zero attached hydrogens (tertiary/aromatic N) is 2. The standard InChI is InChI=1S/C18H26N2O4.C2HF3O2/c1-13-3-4-15(24-13)11-19-7-5-16-14(10-19)12-22-17(16)9-18(21)20-6-2-8-23-20;3-2(4,5)1(6)7/h3-4,14,16-17H,2,5-12H2,1H3;(H,6,7)/t14-,16-,17-;/m1./s1. The third kappa shape index (κ3) is 6.44. The summed E-state index contributed by atoms with van der Waals surface area (Å²) in [5.41, 5.74) is 0. The molecular formula is C20H27F3N2O6. The molecule has 1 amide bonds. The molecule has 0 spiro atoms. The van der Waals surface area contributed by atoms with Crippen LogP contribution in [0.15, 0.2) is 16.5 Å². The third-order valence-corrected chi connectivity index (χ3v) is 5.70. The summed E-state index contributed by atoms with van der Waals surface area (Å²) in [6, 6.07) is 4.08. The van der Waals surface area contributed by atoms with Crippen molar-refractivity contribution in [2.45, 2.75) is 45.0 Å². The van der Waals surface area contributed by atoms with Gasteiger partial charge in [0.25, 0.3) is 0 Å². The lowest BCUT2D eigenvalue weighted by molar-refractivity contribution is -0.192. The number of amides is 1. The van der Waals surface area contributed by atoms with Crippen molar-refractivity contribution in [1.29, 1.82) is 0 Å². The predicted octanol–water partition coefficient (Wildman–Crippen LogP) is 2.61. The van der Waals surface area contributed by atoms with Crippen molar-refractivity contribution in [3.05, 3.63) is 23.7 Å². The molecule has 8 nitrogen and oxygen atoms in total. The molecule has 1 N–H and O–H groups in total. The van der Waals surface area contributed by atoms with E-state index >= 15 is 0 Å². The van der Waals surface area contributed by atoms with E-state index in [1.165, 1.54) is 5.06 Å². The molecule has 11 heteroatoms. The lowest BCUT2D eigenvalue weighted by atomic mass is 9.83. The smallest absolute Gasteiger partial charge is 0.475 e. The number of aliphatic carboxylic acids is 1. The van der Waals surface area contributed by atoms with Gasteiger partial charge in [-0.15, -0.1) is 0 Å². The molecule has 0 bridgehead atoms. The number of furan rings is 1. The minimum absolute atomic E-state index is 0.0553. The highest BCUT2D eigenvalue weighted by atomic mass is 19.4. The zero-order valence-electron chi connectivity index (χ0n) is 17.3. The monoisotopic (exact) mass is 448 g/mol. The maximum absolute atomic E-state index is 12.3. The topological polar surface area (TPSA) is 92.5 Å². The van der Waals surface area contributed by atoms with Crippen LogP contribution in [-0.4, -0.2) is 72.1 Å². The van der Waals surface area contributed by atoms with Crippen LogP contribution in [0.2, 0.25) is 0 Å². The number of rotatable bonds is 4. The van der Waals surface area contributed by atoms with E-state index in [-0.39, 0.29) is 12.0 Å². The van der Waals surface area contributed by atoms with Crippen LogP contribution in [-0.2, 0) is 25.7 Å². The number of hydrogen-bond acceptors (Lipinski definition) is 6. The number of likely N-dealkylation sites (tertiary alicyclic amines) is 1. The molecule has 0 radical (unpaired) electrons. The van der Waals surface area contributed by atoms with Crippen LogP contribution in [0.1, 0.15) is 30.8 Å². The molecule has 3 aliphatic rings. The van der Waals surface area contributed by atoms with Gasteiger partial charge >= 0.3 is 12.1 Å². The van der Waals surface area contributed by atoms with Gasteiger partial charge in [0, 0.05) is 12.5 Å². The van der Waals surface area contributed by atoms with Crippen molar-refractivity contribution in [2.75, 3.05) is 32.8 Å². The number of ether oxygens (including phenoxy) is 1. The fourth-order valence-corrected chi connectivity index (χ4v) is 4.22. The summed E-state index contributed by atoms with van der Waals surface area (Å²) in [5.74, 6) is 0.326. The zero-order valence-corrected chi connectivity index (χ0v) is 17.3. The largest absolute Gasteiger partial charge is 0.490 e. The average Bonchev–Trinajstić information content (AvgIpc) is 3.43. The van der Waals surface area contributed by atoms with Gasteiger partial charge in [0.2, 0.25) is 5.91 Å². The van der Waals surface area contributed by atoms with E-state index in [2.05, 4.69) is 11.0 Å². The molecule has 3 aliphatic heterocycles. The number of carbonyl (C=O) groups excluding carboxylic acids is 1. The molecule has 0 aliphatic carbocycles. The molecule has 3 fully saturated rings. The van der Waals surface area contributed by atoms with Gasteiger partial charge in [-0.1, -0.05) is 0 Å². The number of hydroxylamine groups is 2. The minimum atomic E-state index is -5.08. The molecule has 0 aromatic carbocycles. The predicted molar refractivity (Wildman–Crippen MR) is 101 cm³/mol. The number of carboxylic acid groups (broad SMARTS) is 1. The Morgan fingerprint density at radius 1 is 1.26 bits per heavy atom. The van der Waals surface area contributed by atoms with Crippen LogP contribution >= 0.6 is 0 Å². The number of halogens is 3. The Kier molecular flexibility index (Phi) is 7.60. The van der Waals surface area contributed by atoms with Crippen LogP contribution in [0.25, 0.3) is 0 Å². The van der Waals surface area contributed by atoms with E-state index in [1.807, 2.05) is 13.0 Å². The van der Waals surface area contributed by atoms with E-state index < -0.39 is 12.1 Å². The molecular weight excluding hydrogens is 421 g/mol. The first kappa shape index (κ1) is 23.6. The van der Waals surface area contributed by atoms with Gasteiger partial charge in [-0.25, -0.2) is 9.86 Å². The fraction of sp³-hybridized carbons (Fsp3) is 0.700. The number of fused-ring (bicyclic) bond motifs is 1. The molecule has 4 rings (SSSR count). The molecule has 1 aromatic heterocycles. The normalized spacial score (nSPS) is 26.3. The summed E-state index contributed by atoms with van der Waals surface area (Å²) < 4.78 is 43.4. The van der Waals surface area contributed by atoms with E-state index in [9.17, 15) is 18.0 Å². The van der Waals surface area contributed by atoms with Gasteiger partial charge in [0.1, 0.15) is 11.5 Å². The molecule has 0 saturated carbocycles. The van der Waals surface area contributed by atoms with Crippen LogP contribution in [0.5, 0.6) is 0 Å². The highest BCUT2D eigenvalue weighted by molar-refractivity contribution is 5.75. The summed E-state index contributed by atoms with van der Waals surface area (Å²) in [5, 5.41) is 8.64. The van der Waals surface area contributed by atoms with E-state index in [0.717, 1.165) is 57.1 Å². The van der Waals surface area contributed by atoms with Crippen molar-refractivity contribution in [3.8, 4) is 0 Å². The second-order valence-electron chi connectivity index (χ2n) is 8.02. The Bertz CT molecular complexity index is 762. The van der Waals surface area contributed by atoms with E-state index in [0.29, 0.717) is 24.9 Å². The van der Waals surface area contributed by atoms with Gasteiger partial charge in [0.15, 0.2) is 0 Å². The Morgan fingerprint density at radius 2 is 2.00 bits per heavy atom. The van der Waals surface area contributed by atoms with Gasteiger partial charge in [-0.05, 0) is 44.4 Å². The number of aryl methyl sites for hydroxylation is 1. The average molecular weight is 448 g/mol. The Balaban J connectivity index is 0.000000339. The highest BCUT2D eigenvalue weighted by Crippen LogP contribution is 2.36. The molecule has 31 heavy (non-hydrogen) atoms. The van der Waals surface area contributed by atoms with Crippen molar-refractivity contribution in [1.82, 2.24) is 9.96 Å². The molecule has 1 aromatic rings. The Morgan fingerprint density at radius 3 is 2.58 bits per heavy atom.